The third kappa shape index (κ3) is 5.11. The largest absolute Gasteiger partial charge is 0.478 e. The average molecular weight is 313 g/mol. The zero-order valence-corrected chi connectivity index (χ0v) is 12.4. The third-order valence-electron chi connectivity index (χ3n) is 3.38. The van der Waals surface area contributed by atoms with Crippen LogP contribution in [0.5, 0.6) is 0 Å². The second-order valence-corrected chi connectivity index (χ2v) is 6.94. The van der Waals surface area contributed by atoms with E-state index in [9.17, 15) is 13.2 Å². The highest BCUT2D eigenvalue weighted by Gasteiger charge is 2.21. The van der Waals surface area contributed by atoms with Crippen LogP contribution >= 0.6 is 0 Å². The monoisotopic (exact) mass is 313 g/mol. The van der Waals surface area contributed by atoms with Crippen LogP contribution in [-0.2, 0) is 21.3 Å². The minimum Gasteiger partial charge on any atom is -0.478 e. The van der Waals surface area contributed by atoms with Gasteiger partial charge in [-0.2, -0.15) is 0 Å². The predicted molar refractivity (Wildman–Crippen MR) is 77.6 cm³/mol. The van der Waals surface area contributed by atoms with Gasteiger partial charge in [0.1, 0.15) is 0 Å². The number of nitrogens with one attached hydrogen (secondary N) is 1. The number of ether oxygens (including phenoxy) is 1. The van der Waals surface area contributed by atoms with E-state index in [1.165, 1.54) is 12.1 Å². The van der Waals surface area contributed by atoms with Crippen LogP contribution in [0, 0.1) is 0 Å². The van der Waals surface area contributed by atoms with E-state index in [-0.39, 0.29) is 24.0 Å². The van der Waals surface area contributed by atoms with E-state index < -0.39 is 16.0 Å². The highest BCUT2D eigenvalue weighted by molar-refractivity contribution is 7.89. The van der Waals surface area contributed by atoms with Gasteiger partial charge >= 0.3 is 5.97 Å². The Bertz CT molecular complexity index is 576. The summed E-state index contributed by atoms with van der Waals surface area (Å²) in [5.41, 5.74) is 0.894. The number of aromatic carboxylic acids is 1. The lowest BCUT2D eigenvalue weighted by Gasteiger charge is -2.22. The Labute approximate surface area is 124 Å². The molecule has 1 heterocycles. The Morgan fingerprint density at radius 2 is 2.00 bits per heavy atom. The fourth-order valence-corrected chi connectivity index (χ4v) is 3.46. The van der Waals surface area contributed by atoms with Gasteiger partial charge < -0.3 is 9.84 Å². The maximum atomic E-state index is 12.0. The van der Waals surface area contributed by atoms with Crippen LogP contribution in [0.3, 0.4) is 0 Å². The summed E-state index contributed by atoms with van der Waals surface area (Å²) in [4.78, 5) is 10.7. The van der Waals surface area contributed by atoms with Gasteiger partial charge in [-0.05, 0) is 37.0 Å². The first-order valence-electron chi connectivity index (χ1n) is 6.87. The molecule has 0 bridgehead atoms. The van der Waals surface area contributed by atoms with E-state index in [0.717, 1.165) is 19.3 Å². The summed E-state index contributed by atoms with van der Waals surface area (Å²) in [6.45, 7) is 0.770. The summed E-state index contributed by atoms with van der Waals surface area (Å²) >= 11 is 0. The molecule has 21 heavy (non-hydrogen) atoms. The molecule has 2 N–H and O–H groups in total. The van der Waals surface area contributed by atoms with Crippen molar-refractivity contribution >= 4 is 16.0 Å². The number of hydrogen-bond donors (Lipinski definition) is 2. The molecule has 1 saturated heterocycles. The molecule has 116 valence electrons. The molecule has 1 fully saturated rings. The molecule has 0 aromatic heterocycles. The summed E-state index contributed by atoms with van der Waals surface area (Å²) in [6, 6.07) is 6.11. The molecule has 1 unspecified atom stereocenters. The van der Waals surface area contributed by atoms with E-state index in [1.807, 2.05) is 0 Å². The number of benzene rings is 1. The Morgan fingerprint density at radius 1 is 1.29 bits per heavy atom. The van der Waals surface area contributed by atoms with Crippen LogP contribution in [0.25, 0.3) is 0 Å². The fourth-order valence-electron chi connectivity index (χ4n) is 2.20. The van der Waals surface area contributed by atoms with Crippen LogP contribution in [-0.4, -0.2) is 38.0 Å². The molecule has 2 rings (SSSR count). The predicted octanol–water partition coefficient (Wildman–Crippen LogP) is 1.37. The minimum absolute atomic E-state index is 0.0276. The molecule has 1 aliphatic rings. The smallest absolute Gasteiger partial charge is 0.335 e. The summed E-state index contributed by atoms with van der Waals surface area (Å²) in [7, 11) is -3.40. The van der Waals surface area contributed by atoms with Crippen LogP contribution in [0.2, 0.25) is 0 Å². The van der Waals surface area contributed by atoms with Crippen molar-refractivity contribution in [2.45, 2.75) is 31.9 Å². The third-order valence-corrected chi connectivity index (χ3v) is 4.77. The van der Waals surface area contributed by atoms with Crippen molar-refractivity contribution in [3.8, 4) is 0 Å². The summed E-state index contributed by atoms with van der Waals surface area (Å²) in [5, 5.41) is 8.79. The lowest BCUT2D eigenvalue weighted by molar-refractivity contribution is 0.0304. The molecule has 1 aliphatic heterocycles. The molecule has 0 amide bonds. The van der Waals surface area contributed by atoms with Gasteiger partial charge in [0, 0.05) is 13.2 Å². The molecule has 0 saturated carbocycles. The zero-order chi connectivity index (χ0) is 15.3. The number of hydrogen-bond acceptors (Lipinski definition) is 4. The second-order valence-electron chi connectivity index (χ2n) is 5.09. The number of carboxylic acids is 1. The number of sulfonamides is 1. The van der Waals surface area contributed by atoms with Crippen LogP contribution in [0.1, 0.15) is 35.2 Å². The van der Waals surface area contributed by atoms with Crippen LogP contribution in [0.15, 0.2) is 24.3 Å². The zero-order valence-electron chi connectivity index (χ0n) is 11.6. The van der Waals surface area contributed by atoms with E-state index in [0.29, 0.717) is 12.2 Å². The maximum Gasteiger partial charge on any atom is 0.335 e. The van der Waals surface area contributed by atoms with Gasteiger partial charge in [0.15, 0.2) is 0 Å². The van der Waals surface area contributed by atoms with Gasteiger partial charge in [0.2, 0.25) is 10.0 Å². The molecule has 0 spiro atoms. The summed E-state index contributed by atoms with van der Waals surface area (Å²) in [5.74, 6) is -1.03. The van der Waals surface area contributed by atoms with Gasteiger partial charge in [0.25, 0.3) is 0 Å². The fraction of sp³-hybridized carbons (Fsp3) is 0.500. The van der Waals surface area contributed by atoms with Crippen molar-refractivity contribution in [1.82, 2.24) is 4.72 Å². The van der Waals surface area contributed by atoms with E-state index in [2.05, 4.69) is 4.72 Å². The second kappa shape index (κ2) is 7.02. The van der Waals surface area contributed by atoms with Crippen molar-refractivity contribution in [3.63, 3.8) is 0 Å². The quantitative estimate of drug-likeness (QED) is 0.827. The molecule has 1 atom stereocenters. The molecule has 1 aromatic carbocycles. The standard InChI is InChI=1S/C14H19NO5S/c16-14(17)12-6-4-11(5-7-12)9-15-21(18,19)10-13-3-1-2-8-20-13/h4-7,13,15H,1-3,8-10H2,(H,16,17). The van der Waals surface area contributed by atoms with Gasteiger partial charge in [-0.3, -0.25) is 0 Å². The van der Waals surface area contributed by atoms with E-state index in [4.69, 9.17) is 9.84 Å². The maximum absolute atomic E-state index is 12.0. The molecule has 1 aromatic rings. The number of carboxylic acid groups (broad SMARTS) is 1. The van der Waals surface area contributed by atoms with Crippen molar-refractivity contribution in [2.24, 2.45) is 0 Å². The van der Waals surface area contributed by atoms with Crippen LogP contribution in [0.4, 0.5) is 0 Å². The molecule has 0 aliphatic carbocycles. The molecular weight excluding hydrogens is 294 g/mol. The first-order valence-corrected chi connectivity index (χ1v) is 8.53. The van der Waals surface area contributed by atoms with Crippen molar-refractivity contribution in [3.05, 3.63) is 35.4 Å². The molecule has 0 radical (unpaired) electrons. The highest BCUT2D eigenvalue weighted by Crippen LogP contribution is 2.14. The van der Waals surface area contributed by atoms with E-state index >= 15 is 0 Å². The number of carbonyl (C=O) groups is 1. The normalized spacial score (nSPS) is 19.3. The van der Waals surface area contributed by atoms with Crippen molar-refractivity contribution in [1.29, 1.82) is 0 Å². The Balaban J connectivity index is 1.87. The molecule has 6 nitrogen and oxygen atoms in total. The first kappa shape index (κ1) is 15.9. The number of rotatable bonds is 6. The van der Waals surface area contributed by atoms with Crippen molar-refractivity contribution < 1.29 is 23.1 Å². The van der Waals surface area contributed by atoms with Gasteiger partial charge in [0.05, 0.1) is 17.4 Å². The summed E-state index contributed by atoms with van der Waals surface area (Å²) < 4.78 is 31.9. The SMILES string of the molecule is O=C(O)c1ccc(CNS(=O)(=O)CC2CCCCO2)cc1. The van der Waals surface area contributed by atoms with E-state index in [1.54, 1.807) is 12.1 Å². The minimum atomic E-state index is -3.40. The van der Waals surface area contributed by atoms with Gasteiger partial charge in [-0.15, -0.1) is 0 Å². The Hall–Kier alpha value is -1.44. The molecular formula is C14H19NO5S. The lowest BCUT2D eigenvalue weighted by Crippen LogP contribution is -2.34. The van der Waals surface area contributed by atoms with Crippen LogP contribution < -0.4 is 4.72 Å². The Morgan fingerprint density at radius 3 is 2.57 bits per heavy atom. The highest BCUT2D eigenvalue weighted by atomic mass is 32.2. The molecule has 7 heteroatoms. The van der Waals surface area contributed by atoms with Gasteiger partial charge in [-0.1, -0.05) is 12.1 Å². The van der Waals surface area contributed by atoms with Gasteiger partial charge in [-0.25, -0.2) is 17.9 Å². The summed E-state index contributed by atoms with van der Waals surface area (Å²) in [6.07, 6.45) is 2.52. The Kier molecular flexibility index (Phi) is 5.33. The average Bonchev–Trinajstić information content (AvgIpc) is 2.46. The van der Waals surface area contributed by atoms with Crippen molar-refractivity contribution in [2.75, 3.05) is 12.4 Å². The first-order chi connectivity index (χ1) is 9.96. The topological polar surface area (TPSA) is 92.7 Å². The lowest BCUT2D eigenvalue weighted by atomic mass is 10.1.